The summed E-state index contributed by atoms with van der Waals surface area (Å²) in [5.41, 5.74) is 9.82. The summed E-state index contributed by atoms with van der Waals surface area (Å²) in [5, 5.41) is 25.4. The Balaban J connectivity index is 2.07. The van der Waals surface area contributed by atoms with E-state index in [1.165, 1.54) is 6.20 Å². The minimum atomic E-state index is 0.241. The van der Waals surface area contributed by atoms with Crippen LogP contribution in [0.4, 0.5) is 5.69 Å². The second kappa shape index (κ2) is 5.11. The summed E-state index contributed by atoms with van der Waals surface area (Å²) in [6, 6.07) is 5.48. The van der Waals surface area contributed by atoms with E-state index in [9.17, 15) is 0 Å². The molecule has 3 aromatic heterocycles. The lowest BCUT2D eigenvalue weighted by Gasteiger charge is -2.08. The molecule has 0 spiro atoms. The SMILES string of the molecule is Cc1nc2nonc2c(N)c1Cc1cc(C#N)c(C#N)cn1. The molecule has 3 aromatic rings. The minimum absolute atomic E-state index is 0.241. The van der Waals surface area contributed by atoms with Gasteiger partial charge in [0, 0.05) is 29.6 Å². The summed E-state index contributed by atoms with van der Waals surface area (Å²) in [4.78, 5) is 8.46. The van der Waals surface area contributed by atoms with E-state index in [1.807, 2.05) is 12.1 Å². The number of aromatic nitrogens is 4. The first-order chi connectivity index (χ1) is 10.6. The highest BCUT2D eigenvalue weighted by molar-refractivity contribution is 5.85. The first-order valence-corrected chi connectivity index (χ1v) is 6.30. The van der Waals surface area contributed by atoms with Gasteiger partial charge in [-0.15, -0.1) is 0 Å². The van der Waals surface area contributed by atoms with Crippen LogP contribution in [-0.2, 0) is 6.42 Å². The third kappa shape index (κ3) is 2.09. The second-order valence-electron chi connectivity index (χ2n) is 4.65. The van der Waals surface area contributed by atoms with E-state index in [0.29, 0.717) is 34.7 Å². The molecule has 0 aliphatic carbocycles. The Morgan fingerprint density at radius 3 is 2.73 bits per heavy atom. The molecule has 0 aliphatic rings. The first kappa shape index (κ1) is 13.5. The molecule has 0 unspecified atom stereocenters. The lowest BCUT2D eigenvalue weighted by molar-refractivity contribution is 0.315. The molecule has 3 heterocycles. The molecule has 0 fully saturated rings. The van der Waals surface area contributed by atoms with Crippen LogP contribution in [0.15, 0.2) is 16.9 Å². The molecule has 2 N–H and O–H groups in total. The molecule has 0 aliphatic heterocycles. The number of aryl methyl sites for hydroxylation is 1. The number of hydrogen-bond acceptors (Lipinski definition) is 8. The third-order valence-corrected chi connectivity index (χ3v) is 3.32. The Labute approximate surface area is 124 Å². The molecule has 0 saturated carbocycles. The zero-order valence-corrected chi connectivity index (χ0v) is 11.5. The largest absolute Gasteiger partial charge is 0.396 e. The van der Waals surface area contributed by atoms with Crippen LogP contribution in [0.2, 0.25) is 0 Å². The van der Waals surface area contributed by atoms with Gasteiger partial charge in [0.15, 0.2) is 5.52 Å². The molecule has 8 heteroatoms. The van der Waals surface area contributed by atoms with Gasteiger partial charge in [-0.3, -0.25) is 4.98 Å². The van der Waals surface area contributed by atoms with E-state index in [-0.39, 0.29) is 11.1 Å². The fraction of sp³-hybridized carbons (Fsp3) is 0.143. The molecule has 0 bridgehead atoms. The maximum absolute atomic E-state index is 9.07. The number of nitrogens with zero attached hydrogens (tertiary/aromatic N) is 6. The number of pyridine rings is 2. The second-order valence-corrected chi connectivity index (χ2v) is 4.65. The lowest BCUT2D eigenvalue weighted by atomic mass is 10.0. The summed E-state index contributed by atoms with van der Waals surface area (Å²) in [5.74, 6) is 0. The monoisotopic (exact) mass is 291 g/mol. The molecule has 0 amide bonds. The van der Waals surface area contributed by atoms with E-state index in [4.69, 9.17) is 16.3 Å². The molecule has 3 rings (SSSR count). The van der Waals surface area contributed by atoms with Crippen LogP contribution >= 0.6 is 0 Å². The molecule has 0 saturated heterocycles. The van der Waals surface area contributed by atoms with Gasteiger partial charge in [-0.25, -0.2) is 9.61 Å². The normalized spacial score (nSPS) is 10.3. The third-order valence-electron chi connectivity index (χ3n) is 3.32. The maximum Gasteiger partial charge on any atom is 0.226 e. The molecule has 22 heavy (non-hydrogen) atoms. The molecule has 8 nitrogen and oxygen atoms in total. The van der Waals surface area contributed by atoms with E-state index in [1.54, 1.807) is 13.0 Å². The van der Waals surface area contributed by atoms with Crippen molar-refractivity contribution in [3.63, 3.8) is 0 Å². The molecule has 0 radical (unpaired) electrons. The van der Waals surface area contributed by atoms with Gasteiger partial charge >= 0.3 is 0 Å². The quantitative estimate of drug-likeness (QED) is 0.743. The maximum atomic E-state index is 9.07. The van der Waals surface area contributed by atoms with Crippen molar-refractivity contribution in [1.82, 2.24) is 20.3 Å². The van der Waals surface area contributed by atoms with Crippen LogP contribution in [0.5, 0.6) is 0 Å². The van der Waals surface area contributed by atoms with Crippen LogP contribution in [0.1, 0.15) is 28.1 Å². The smallest absolute Gasteiger partial charge is 0.226 e. The summed E-state index contributed by atoms with van der Waals surface area (Å²) >= 11 is 0. The highest BCUT2D eigenvalue weighted by atomic mass is 16.6. The Morgan fingerprint density at radius 1 is 1.23 bits per heavy atom. The number of nitrogen functional groups attached to an aromatic ring is 1. The van der Waals surface area contributed by atoms with Crippen molar-refractivity contribution >= 4 is 16.9 Å². The van der Waals surface area contributed by atoms with Crippen molar-refractivity contribution in [3.05, 3.63) is 40.3 Å². The van der Waals surface area contributed by atoms with Gasteiger partial charge in [0.2, 0.25) is 5.65 Å². The number of nitrogens with two attached hydrogens (primary N) is 1. The minimum Gasteiger partial charge on any atom is -0.396 e. The van der Waals surface area contributed by atoms with Crippen molar-refractivity contribution in [1.29, 1.82) is 10.5 Å². The van der Waals surface area contributed by atoms with Crippen LogP contribution in [0, 0.1) is 29.6 Å². The predicted octanol–water partition coefficient (Wildman–Crippen LogP) is 1.24. The topological polar surface area (TPSA) is 138 Å². The zero-order valence-electron chi connectivity index (χ0n) is 11.5. The molecule has 0 atom stereocenters. The summed E-state index contributed by atoms with van der Waals surface area (Å²) in [7, 11) is 0. The van der Waals surface area contributed by atoms with E-state index >= 15 is 0 Å². The molecular weight excluding hydrogens is 282 g/mol. The van der Waals surface area contributed by atoms with Gasteiger partial charge in [-0.05, 0) is 23.3 Å². The standard InChI is InChI=1S/C14H9N7O/c1-7-11(12(17)13-14(19-7)21-22-20-13)3-10-2-8(4-15)9(5-16)6-18-10/h2,6H,3,17H2,1H3. The Kier molecular flexibility index (Phi) is 3.13. The number of nitriles is 2. The highest BCUT2D eigenvalue weighted by Crippen LogP contribution is 2.25. The fourth-order valence-corrected chi connectivity index (χ4v) is 2.17. The van der Waals surface area contributed by atoms with Crippen molar-refractivity contribution in [2.45, 2.75) is 13.3 Å². The van der Waals surface area contributed by atoms with E-state index in [0.717, 1.165) is 5.56 Å². The number of hydrogen-bond donors (Lipinski definition) is 1. The Hall–Kier alpha value is -3.52. The summed E-state index contributed by atoms with van der Waals surface area (Å²) in [6.07, 6.45) is 1.75. The number of fused-ring (bicyclic) bond motifs is 1. The van der Waals surface area contributed by atoms with E-state index < -0.39 is 0 Å². The Morgan fingerprint density at radius 2 is 2.00 bits per heavy atom. The van der Waals surface area contributed by atoms with Gasteiger partial charge in [0.25, 0.3) is 0 Å². The van der Waals surface area contributed by atoms with Gasteiger partial charge in [-0.2, -0.15) is 10.5 Å². The van der Waals surface area contributed by atoms with Crippen LogP contribution < -0.4 is 5.73 Å². The van der Waals surface area contributed by atoms with Gasteiger partial charge in [0.1, 0.15) is 12.1 Å². The van der Waals surface area contributed by atoms with Crippen molar-refractivity contribution in [3.8, 4) is 12.1 Å². The van der Waals surface area contributed by atoms with Gasteiger partial charge in [0.05, 0.1) is 16.8 Å². The zero-order chi connectivity index (χ0) is 15.7. The summed E-state index contributed by atoms with van der Waals surface area (Å²) in [6.45, 7) is 1.80. The Bertz CT molecular complexity index is 962. The average molecular weight is 291 g/mol. The predicted molar refractivity (Wildman–Crippen MR) is 75.2 cm³/mol. The number of rotatable bonds is 2. The summed E-state index contributed by atoms with van der Waals surface area (Å²) < 4.78 is 4.64. The van der Waals surface area contributed by atoms with Crippen LogP contribution in [-0.4, -0.2) is 20.3 Å². The van der Waals surface area contributed by atoms with Crippen molar-refractivity contribution in [2.75, 3.05) is 5.73 Å². The van der Waals surface area contributed by atoms with Crippen molar-refractivity contribution < 1.29 is 4.63 Å². The fourth-order valence-electron chi connectivity index (χ4n) is 2.17. The lowest BCUT2D eigenvalue weighted by Crippen LogP contribution is -2.04. The van der Waals surface area contributed by atoms with E-state index in [2.05, 4.69) is 24.9 Å². The molecule has 0 aromatic carbocycles. The molecular formula is C14H9N7O. The first-order valence-electron chi connectivity index (χ1n) is 6.30. The molecule has 106 valence electrons. The van der Waals surface area contributed by atoms with Crippen LogP contribution in [0.3, 0.4) is 0 Å². The van der Waals surface area contributed by atoms with Crippen LogP contribution in [0.25, 0.3) is 11.2 Å². The highest BCUT2D eigenvalue weighted by Gasteiger charge is 2.16. The average Bonchev–Trinajstić information content (AvgIpc) is 2.99. The van der Waals surface area contributed by atoms with Gasteiger partial charge in [-0.1, -0.05) is 0 Å². The van der Waals surface area contributed by atoms with Gasteiger partial charge < -0.3 is 5.73 Å². The van der Waals surface area contributed by atoms with Crippen molar-refractivity contribution in [2.24, 2.45) is 0 Å². The number of anilines is 1.